The van der Waals surface area contributed by atoms with Crippen LogP contribution in [0.25, 0.3) is 6.08 Å². The van der Waals surface area contributed by atoms with Gasteiger partial charge in [0.1, 0.15) is 17.6 Å². The molecule has 1 saturated heterocycles. The van der Waals surface area contributed by atoms with Gasteiger partial charge in [-0.1, -0.05) is 0 Å². The molecule has 38 heavy (non-hydrogen) atoms. The van der Waals surface area contributed by atoms with Crippen LogP contribution in [0.5, 0.6) is 11.5 Å². The van der Waals surface area contributed by atoms with E-state index in [0.717, 1.165) is 58.8 Å². The summed E-state index contributed by atoms with van der Waals surface area (Å²) in [5, 5.41) is 2.02. The predicted octanol–water partition coefficient (Wildman–Crippen LogP) is 5.43. The van der Waals surface area contributed by atoms with Crippen LogP contribution in [-0.4, -0.2) is 60.0 Å². The maximum atomic E-state index is 13.4. The number of rotatable bonds is 6. The highest BCUT2D eigenvalue weighted by atomic mass is 79.9. The SMILES string of the molecule is CC(=O)Oc1ccc2c3c1C[C@@H]1[C@@H]4CC[C@@H](N(C)C(=O)/C=C/c5cc(Br)cs5)[C@H](O2)[C@]34CCN1CC1CC1. The van der Waals surface area contributed by atoms with Crippen molar-refractivity contribution in [3.05, 3.63) is 50.1 Å². The summed E-state index contributed by atoms with van der Waals surface area (Å²) in [6.07, 6.45) is 10.1. The van der Waals surface area contributed by atoms with Gasteiger partial charge < -0.3 is 14.4 Å². The van der Waals surface area contributed by atoms with Crippen LogP contribution in [0.15, 0.2) is 34.1 Å². The summed E-state index contributed by atoms with van der Waals surface area (Å²) in [6, 6.07) is 6.34. The fourth-order valence-electron chi connectivity index (χ4n) is 7.95. The Hall–Kier alpha value is -2.16. The van der Waals surface area contributed by atoms with E-state index < -0.39 is 0 Å². The highest BCUT2D eigenvalue weighted by Gasteiger charge is 2.66. The second-order valence-corrected chi connectivity index (χ2v) is 13.6. The Morgan fingerprint density at radius 1 is 1.29 bits per heavy atom. The number of esters is 1. The Morgan fingerprint density at radius 2 is 2.13 bits per heavy atom. The highest BCUT2D eigenvalue weighted by molar-refractivity contribution is 9.10. The first-order chi connectivity index (χ1) is 18.3. The summed E-state index contributed by atoms with van der Waals surface area (Å²) in [4.78, 5) is 31.1. The average Bonchev–Trinajstić information content (AvgIpc) is 3.51. The van der Waals surface area contributed by atoms with E-state index in [1.807, 2.05) is 41.6 Å². The number of ether oxygens (including phenoxy) is 2. The van der Waals surface area contributed by atoms with Gasteiger partial charge in [-0.15, -0.1) is 11.3 Å². The van der Waals surface area contributed by atoms with Gasteiger partial charge in [0.2, 0.25) is 5.91 Å². The lowest BCUT2D eigenvalue weighted by atomic mass is 9.51. The summed E-state index contributed by atoms with van der Waals surface area (Å²) in [5.41, 5.74) is 2.27. The molecule has 2 aliphatic heterocycles. The molecule has 3 fully saturated rings. The minimum absolute atomic E-state index is 0.00767. The van der Waals surface area contributed by atoms with Crippen LogP contribution in [0.4, 0.5) is 0 Å². The first-order valence-electron chi connectivity index (χ1n) is 13.8. The third-order valence-corrected chi connectivity index (χ3v) is 11.3. The lowest BCUT2D eigenvalue weighted by Gasteiger charge is -2.60. The molecule has 1 spiro atoms. The molecule has 2 saturated carbocycles. The molecule has 0 unspecified atom stereocenters. The van der Waals surface area contributed by atoms with Crippen LogP contribution < -0.4 is 9.47 Å². The monoisotopic (exact) mass is 596 g/mol. The number of carbonyl (C=O) groups excluding carboxylic acids is 2. The maximum Gasteiger partial charge on any atom is 0.308 e. The molecular formula is C30H33BrN2O4S. The molecule has 200 valence electrons. The number of piperidine rings is 1. The van der Waals surface area contributed by atoms with Crippen LogP contribution in [0.2, 0.25) is 0 Å². The summed E-state index contributed by atoms with van der Waals surface area (Å²) >= 11 is 5.10. The van der Waals surface area contributed by atoms with Crippen molar-refractivity contribution < 1.29 is 19.1 Å². The van der Waals surface area contributed by atoms with Crippen molar-refractivity contribution in [3.8, 4) is 11.5 Å². The molecule has 5 atom stereocenters. The van der Waals surface area contributed by atoms with E-state index in [2.05, 4.69) is 20.8 Å². The minimum Gasteiger partial charge on any atom is -0.487 e. The standard InChI is InChI=1S/C30H33BrN2O4S/c1-17(34)36-25-8-9-26-28-21(25)14-24-22-6-7-23(32(2)27(35)10-5-20-13-19(31)16-38-20)29(37-26)30(22,28)11-12-33(24)15-18-3-4-18/h5,8-10,13,16,18,22-24,29H,3-4,6-7,11-12,14-15H2,1-2H3/b10-5+/t22-,23+,24+,29-,30-/m0/s1. The Balaban J connectivity index is 1.25. The molecular weight excluding hydrogens is 564 g/mol. The minimum atomic E-state index is -0.285. The molecule has 5 aliphatic rings. The molecule has 0 N–H and O–H groups in total. The van der Waals surface area contributed by atoms with E-state index >= 15 is 0 Å². The van der Waals surface area contributed by atoms with Gasteiger partial charge in [0.15, 0.2) is 0 Å². The second kappa shape index (κ2) is 9.20. The number of carbonyl (C=O) groups is 2. The fraction of sp³-hybridized carbons (Fsp3) is 0.533. The Kier molecular flexibility index (Phi) is 6.02. The van der Waals surface area contributed by atoms with E-state index in [9.17, 15) is 9.59 Å². The third kappa shape index (κ3) is 3.89. The van der Waals surface area contributed by atoms with Gasteiger partial charge in [0.05, 0.1) is 6.04 Å². The Morgan fingerprint density at radius 3 is 2.87 bits per heavy atom. The number of hydrogen-bond acceptors (Lipinski definition) is 6. The molecule has 7 rings (SSSR count). The number of hydrogen-bond donors (Lipinski definition) is 0. The smallest absolute Gasteiger partial charge is 0.308 e. The van der Waals surface area contributed by atoms with Crippen LogP contribution in [0.3, 0.4) is 0 Å². The normalized spacial score (nSPS) is 31.1. The Bertz CT molecular complexity index is 1340. The highest BCUT2D eigenvalue weighted by Crippen LogP contribution is 2.64. The van der Waals surface area contributed by atoms with E-state index in [1.54, 1.807) is 17.4 Å². The van der Waals surface area contributed by atoms with Gasteiger partial charge in [0.25, 0.3) is 0 Å². The zero-order valence-corrected chi connectivity index (χ0v) is 24.2. The van der Waals surface area contributed by atoms with Crippen molar-refractivity contribution in [3.63, 3.8) is 0 Å². The largest absolute Gasteiger partial charge is 0.487 e. The number of likely N-dealkylation sites (N-methyl/N-ethyl adjacent to an activating group) is 1. The summed E-state index contributed by atoms with van der Waals surface area (Å²) in [5.74, 6) is 2.65. The van der Waals surface area contributed by atoms with Crippen molar-refractivity contribution in [2.24, 2.45) is 11.8 Å². The van der Waals surface area contributed by atoms with Crippen molar-refractivity contribution in [1.82, 2.24) is 9.80 Å². The number of likely N-dealkylation sites (tertiary alicyclic amines) is 1. The van der Waals surface area contributed by atoms with Gasteiger partial charge in [-0.2, -0.15) is 0 Å². The number of thiophene rings is 1. The quantitative estimate of drug-likeness (QED) is 0.253. The second-order valence-electron chi connectivity index (χ2n) is 11.7. The number of amides is 1. The zero-order chi connectivity index (χ0) is 26.2. The molecule has 6 nitrogen and oxygen atoms in total. The molecule has 8 heteroatoms. The van der Waals surface area contributed by atoms with Gasteiger partial charge in [-0.25, -0.2) is 0 Å². The van der Waals surface area contributed by atoms with Gasteiger partial charge in [-0.3, -0.25) is 14.5 Å². The lowest BCUT2D eigenvalue weighted by molar-refractivity contribution is -0.135. The molecule has 0 radical (unpaired) electrons. The zero-order valence-electron chi connectivity index (χ0n) is 21.8. The van der Waals surface area contributed by atoms with E-state index in [-0.39, 0.29) is 29.4 Å². The molecule has 3 heterocycles. The van der Waals surface area contributed by atoms with Crippen molar-refractivity contribution in [2.75, 3.05) is 20.1 Å². The molecule has 3 aliphatic carbocycles. The molecule has 1 aromatic heterocycles. The average molecular weight is 598 g/mol. The van der Waals surface area contributed by atoms with Crippen molar-refractivity contribution in [2.45, 2.75) is 69.1 Å². The maximum absolute atomic E-state index is 13.4. The molecule has 1 amide bonds. The summed E-state index contributed by atoms with van der Waals surface area (Å²) in [7, 11) is 1.93. The number of benzene rings is 1. The van der Waals surface area contributed by atoms with E-state index in [4.69, 9.17) is 9.47 Å². The Labute approximate surface area is 236 Å². The number of halogens is 1. The van der Waals surface area contributed by atoms with Gasteiger partial charge >= 0.3 is 5.97 Å². The van der Waals surface area contributed by atoms with E-state index in [0.29, 0.717) is 17.7 Å². The molecule has 2 aromatic rings. The van der Waals surface area contributed by atoms with Crippen LogP contribution in [0, 0.1) is 11.8 Å². The van der Waals surface area contributed by atoms with Gasteiger partial charge in [-0.05, 0) is 97.1 Å². The van der Waals surface area contributed by atoms with Crippen LogP contribution in [-0.2, 0) is 21.4 Å². The fourth-order valence-corrected chi connectivity index (χ4v) is 9.29. The molecule has 1 aromatic carbocycles. The van der Waals surface area contributed by atoms with E-state index in [1.165, 1.54) is 31.9 Å². The molecule has 2 bridgehead atoms. The topological polar surface area (TPSA) is 59.1 Å². The van der Waals surface area contributed by atoms with Crippen molar-refractivity contribution in [1.29, 1.82) is 0 Å². The van der Waals surface area contributed by atoms with Crippen LogP contribution >= 0.6 is 27.3 Å². The van der Waals surface area contributed by atoms with Crippen molar-refractivity contribution >= 4 is 45.2 Å². The number of nitrogens with zero attached hydrogens (tertiary/aromatic N) is 2. The summed E-state index contributed by atoms with van der Waals surface area (Å²) < 4.78 is 13.6. The van der Waals surface area contributed by atoms with Crippen LogP contribution in [0.1, 0.15) is 55.0 Å². The predicted molar refractivity (Wildman–Crippen MR) is 151 cm³/mol. The third-order valence-electron chi connectivity index (χ3n) is 9.67. The van der Waals surface area contributed by atoms with Gasteiger partial charge in [0, 0.05) is 63.9 Å². The first kappa shape index (κ1) is 24.9. The summed E-state index contributed by atoms with van der Waals surface area (Å²) in [6.45, 7) is 3.71. The lowest BCUT2D eigenvalue weighted by Crippen LogP contribution is -2.69. The first-order valence-corrected chi connectivity index (χ1v) is 15.5.